The van der Waals surface area contributed by atoms with E-state index in [4.69, 9.17) is 0 Å². The molecule has 1 unspecified atom stereocenters. The molecule has 0 aliphatic carbocycles. The number of thiazole rings is 1. The molecule has 0 saturated heterocycles. The van der Waals surface area contributed by atoms with Crippen molar-refractivity contribution in [3.8, 4) is 0 Å². The van der Waals surface area contributed by atoms with E-state index in [0.717, 1.165) is 19.6 Å². The molecule has 3 nitrogen and oxygen atoms in total. The van der Waals surface area contributed by atoms with Crippen molar-refractivity contribution in [1.29, 1.82) is 0 Å². The van der Waals surface area contributed by atoms with Gasteiger partial charge in [-0.05, 0) is 53.4 Å². The summed E-state index contributed by atoms with van der Waals surface area (Å²) in [6, 6.07) is 0.367. The molecule has 0 radical (unpaired) electrons. The van der Waals surface area contributed by atoms with Crippen molar-refractivity contribution in [1.82, 2.24) is 15.2 Å². The molecular weight excluding hydrogens is 242 g/mol. The van der Waals surface area contributed by atoms with Gasteiger partial charge in [0, 0.05) is 10.9 Å². The summed E-state index contributed by atoms with van der Waals surface area (Å²) in [5, 5.41) is 4.74. The van der Waals surface area contributed by atoms with E-state index in [1.165, 1.54) is 28.5 Å². The number of rotatable bonds is 8. The Bertz CT molecular complexity index is 345. The van der Waals surface area contributed by atoms with Gasteiger partial charge in [-0.1, -0.05) is 13.8 Å². The Morgan fingerprint density at radius 3 is 2.44 bits per heavy atom. The highest BCUT2D eigenvalue weighted by Crippen LogP contribution is 2.22. The molecule has 0 spiro atoms. The first kappa shape index (κ1) is 15.6. The number of aryl methyl sites for hydroxylation is 2. The normalized spacial score (nSPS) is 13.2. The number of nitrogens with one attached hydrogen (secondary N) is 1. The Hall–Kier alpha value is -0.450. The van der Waals surface area contributed by atoms with Crippen LogP contribution in [-0.4, -0.2) is 36.1 Å². The summed E-state index contributed by atoms with van der Waals surface area (Å²) >= 11 is 1.79. The van der Waals surface area contributed by atoms with Gasteiger partial charge >= 0.3 is 0 Å². The number of aromatic nitrogens is 1. The van der Waals surface area contributed by atoms with Crippen LogP contribution in [0.3, 0.4) is 0 Å². The van der Waals surface area contributed by atoms with Crippen LogP contribution in [0.2, 0.25) is 0 Å². The van der Waals surface area contributed by atoms with Crippen LogP contribution < -0.4 is 5.32 Å². The molecule has 104 valence electrons. The van der Waals surface area contributed by atoms with Gasteiger partial charge in [-0.25, -0.2) is 4.98 Å². The van der Waals surface area contributed by atoms with Crippen molar-refractivity contribution >= 4 is 11.3 Å². The van der Waals surface area contributed by atoms with Gasteiger partial charge in [0.25, 0.3) is 0 Å². The van der Waals surface area contributed by atoms with E-state index in [9.17, 15) is 0 Å². The number of hydrogen-bond donors (Lipinski definition) is 1. The topological polar surface area (TPSA) is 28.2 Å². The molecule has 0 fully saturated rings. The molecule has 0 saturated carbocycles. The Labute approximate surface area is 116 Å². The third-order valence-corrected chi connectivity index (χ3v) is 4.25. The first-order valence-electron chi connectivity index (χ1n) is 6.98. The van der Waals surface area contributed by atoms with Gasteiger partial charge in [0.05, 0.1) is 10.7 Å². The van der Waals surface area contributed by atoms with Gasteiger partial charge in [-0.15, -0.1) is 11.3 Å². The van der Waals surface area contributed by atoms with Crippen molar-refractivity contribution in [2.24, 2.45) is 0 Å². The van der Waals surface area contributed by atoms with Crippen LogP contribution >= 0.6 is 11.3 Å². The van der Waals surface area contributed by atoms with Crippen molar-refractivity contribution in [3.63, 3.8) is 0 Å². The molecule has 1 rings (SSSR count). The summed E-state index contributed by atoms with van der Waals surface area (Å²) in [5.41, 5.74) is 1.22. The maximum atomic E-state index is 4.60. The minimum Gasteiger partial charge on any atom is -0.309 e. The molecule has 1 heterocycles. The smallest absolute Gasteiger partial charge is 0.0900 e. The predicted molar refractivity (Wildman–Crippen MR) is 80.4 cm³/mol. The summed E-state index contributed by atoms with van der Waals surface area (Å²) in [5.74, 6) is 0. The fraction of sp³-hybridized carbons (Fsp3) is 0.786. The largest absolute Gasteiger partial charge is 0.309 e. The summed E-state index contributed by atoms with van der Waals surface area (Å²) < 4.78 is 0. The second kappa shape index (κ2) is 7.87. The van der Waals surface area contributed by atoms with Crippen LogP contribution in [0.1, 0.15) is 48.8 Å². The monoisotopic (exact) mass is 269 g/mol. The van der Waals surface area contributed by atoms with Gasteiger partial charge in [-0.2, -0.15) is 0 Å². The summed E-state index contributed by atoms with van der Waals surface area (Å²) in [7, 11) is 0. The number of nitrogens with zero attached hydrogens (tertiary/aromatic N) is 2. The van der Waals surface area contributed by atoms with Gasteiger partial charge < -0.3 is 10.2 Å². The molecule has 18 heavy (non-hydrogen) atoms. The van der Waals surface area contributed by atoms with Crippen LogP contribution in [0, 0.1) is 13.8 Å². The van der Waals surface area contributed by atoms with E-state index >= 15 is 0 Å². The molecular formula is C14H27N3S. The Morgan fingerprint density at radius 2 is 1.94 bits per heavy atom. The van der Waals surface area contributed by atoms with E-state index < -0.39 is 0 Å². The van der Waals surface area contributed by atoms with Crippen LogP contribution in [0.5, 0.6) is 0 Å². The molecule has 0 aliphatic heterocycles. The zero-order chi connectivity index (χ0) is 13.5. The van der Waals surface area contributed by atoms with E-state index in [-0.39, 0.29) is 0 Å². The molecule has 0 aromatic carbocycles. The van der Waals surface area contributed by atoms with E-state index in [1.807, 2.05) is 0 Å². The molecule has 0 amide bonds. The standard InChI is InChI=1S/C14H27N3S/c1-6-17(7-2)10-8-9-15-11(3)14-12(4)18-13(5)16-14/h11,15H,6-10H2,1-5H3. The number of hydrogen-bond acceptors (Lipinski definition) is 4. The van der Waals surface area contributed by atoms with E-state index in [1.54, 1.807) is 11.3 Å². The van der Waals surface area contributed by atoms with Crippen LogP contribution in [0.15, 0.2) is 0 Å². The zero-order valence-electron chi connectivity index (χ0n) is 12.4. The second-order valence-corrected chi connectivity index (χ2v) is 6.14. The highest BCUT2D eigenvalue weighted by atomic mass is 32.1. The van der Waals surface area contributed by atoms with Crippen molar-refractivity contribution in [3.05, 3.63) is 15.6 Å². The maximum Gasteiger partial charge on any atom is 0.0900 e. The van der Waals surface area contributed by atoms with Gasteiger partial charge in [-0.3, -0.25) is 0 Å². The van der Waals surface area contributed by atoms with Gasteiger partial charge in [0.1, 0.15) is 0 Å². The summed E-state index contributed by atoms with van der Waals surface area (Å²) in [4.78, 5) is 8.41. The van der Waals surface area contributed by atoms with Crippen molar-refractivity contribution < 1.29 is 0 Å². The van der Waals surface area contributed by atoms with Crippen molar-refractivity contribution in [2.45, 2.75) is 47.1 Å². The minimum atomic E-state index is 0.367. The summed E-state index contributed by atoms with van der Waals surface area (Å²) in [6.07, 6.45) is 1.20. The Balaban J connectivity index is 2.29. The molecule has 1 aromatic heterocycles. The molecule has 0 aliphatic rings. The van der Waals surface area contributed by atoms with Crippen molar-refractivity contribution in [2.75, 3.05) is 26.2 Å². The Morgan fingerprint density at radius 1 is 1.28 bits per heavy atom. The minimum absolute atomic E-state index is 0.367. The lowest BCUT2D eigenvalue weighted by molar-refractivity contribution is 0.296. The Kier molecular flexibility index (Phi) is 6.82. The highest BCUT2D eigenvalue weighted by molar-refractivity contribution is 7.11. The van der Waals surface area contributed by atoms with Crippen LogP contribution in [0.25, 0.3) is 0 Å². The third kappa shape index (κ3) is 4.67. The predicted octanol–water partition coefficient (Wildman–Crippen LogP) is 3.14. The fourth-order valence-electron chi connectivity index (χ4n) is 2.20. The molecule has 1 N–H and O–H groups in total. The molecule has 4 heteroatoms. The fourth-order valence-corrected chi connectivity index (χ4v) is 3.12. The maximum absolute atomic E-state index is 4.60. The van der Waals surface area contributed by atoms with E-state index in [0.29, 0.717) is 6.04 Å². The van der Waals surface area contributed by atoms with Crippen LogP contribution in [0.4, 0.5) is 0 Å². The molecule has 1 atom stereocenters. The first-order chi connectivity index (χ1) is 8.58. The average Bonchev–Trinajstić information content (AvgIpc) is 2.68. The van der Waals surface area contributed by atoms with Gasteiger partial charge in [0.2, 0.25) is 0 Å². The quantitative estimate of drug-likeness (QED) is 0.735. The molecule has 0 bridgehead atoms. The SMILES string of the molecule is CCN(CC)CCCNC(C)c1nc(C)sc1C. The lowest BCUT2D eigenvalue weighted by Crippen LogP contribution is -2.28. The zero-order valence-corrected chi connectivity index (χ0v) is 13.2. The first-order valence-corrected chi connectivity index (χ1v) is 7.79. The lowest BCUT2D eigenvalue weighted by Gasteiger charge is -2.19. The molecule has 1 aromatic rings. The average molecular weight is 269 g/mol. The highest BCUT2D eigenvalue weighted by Gasteiger charge is 2.12. The lowest BCUT2D eigenvalue weighted by atomic mass is 10.2. The summed E-state index contributed by atoms with van der Waals surface area (Å²) in [6.45, 7) is 15.4. The van der Waals surface area contributed by atoms with E-state index in [2.05, 4.69) is 49.8 Å². The van der Waals surface area contributed by atoms with Crippen LogP contribution in [-0.2, 0) is 0 Å². The second-order valence-electron chi connectivity index (χ2n) is 4.73. The van der Waals surface area contributed by atoms with Gasteiger partial charge in [0.15, 0.2) is 0 Å². The third-order valence-electron chi connectivity index (χ3n) is 3.35.